The summed E-state index contributed by atoms with van der Waals surface area (Å²) in [7, 11) is 0. The van der Waals surface area contributed by atoms with Crippen molar-refractivity contribution >= 4 is 23.2 Å². The Morgan fingerprint density at radius 2 is 1.89 bits per heavy atom. The highest BCUT2D eigenvalue weighted by molar-refractivity contribution is 6.30. The summed E-state index contributed by atoms with van der Waals surface area (Å²) in [5.41, 5.74) is 3.83. The number of benzene rings is 2. The molecule has 4 rings (SSSR count). The minimum absolute atomic E-state index is 0.132. The van der Waals surface area contributed by atoms with Crippen LogP contribution in [0.3, 0.4) is 0 Å². The summed E-state index contributed by atoms with van der Waals surface area (Å²) >= 11 is 6.10. The molecular weight excluding hydrogens is 358 g/mol. The average molecular weight is 384 g/mol. The van der Waals surface area contributed by atoms with Gasteiger partial charge in [0.2, 0.25) is 5.91 Å². The van der Waals surface area contributed by atoms with Crippen LogP contribution in [-0.2, 0) is 11.2 Å². The fourth-order valence-corrected chi connectivity index (χ4v) is 4.37. The van der Waals surface area contributed by atoms with E-state index in [-0.39, 0.29) is 11.9 Å². The topological polar surface area (TPSA) is 35.6 Å². The molecule has 1 aliphatic carbocycles. The van der Waals surface area contributed by atoms with E-state index in [0.717, 1.165) is 56.2 Å². The van der Waals surface area contributed by atoms with Gasteiger partial charge < -0.3 is 10.2 Å². The van der Waals surface area contributed by atoms with E-state index in [1.165, 1.54) is 11.1 Å². The summed E-state index contributed by atoms with van der Waals surface area (Å²) in [6.07, 6.45) is 3.29. The van der Waals surface area contributed by atoms with Crippen LogP contribution in [0.2, 0.25) is 5.02 Å². The van der Waals surface area contributed by atoms with Crippen LogP contribution in [0.1, 0.15) is 30.0 Å². The number of fused-ring (bicyclic) bond motifs is 1. The molecular formula is C22H26ClN3O. The summed E-state index contributed by atoms with van der Waals surface area (Å²) in [6, 6.07) is 16.6. The van der Waals surface area contributed by atoms with Crippen LogP contribution in [-0.4, -0.2) is 43.5 Å². The quantitative estimate of drug-likeness (QED) is 0.875. The zero-order valence-electron chi connectivity index (χ0n) is 15.5. The van der Waals surface area contributed by atoms with Gasteiger partial charge in [0.15, 0.2) is 0 Å². The maximum Gasteiger partial charge on any atom is 0.234 e. The Kier molecular flexibility index (Phi) is 5.65. The number of nitrogens with zero attached hydrogens (tertiary/aromatic N) is 2. The highest BCUT2D eigenvalue weighted by Gasteiger charge is 2.24. The van der Waals surface area contributed by atoms with Crippen LogP contribution in [0.4, 0.5) is 5.69 Å². The van der Waals surface area contributed by atoms with Gasteiger partial charge in [-0.15, -0.1) is 0 Å². The maximum absolute atomic E-state index is 12.6. The Morgan fingerprint density at radius 1 is 1.07 bits per heavy atom. The number of hydrogen-bond donors (Lipinski definition) is 1. The molecule has 1 amide bonds. The lowest BCUT2D eigenvalue weighted by atomic mass is 9.88. The molecule has 1 aliphatic heterocycles. The molecule has 5 heteroatoms. The van der Waals surface area contributed by atoms with E-state index in [2.05, 4.69) is 45.4 Å². The molecule has 0 aromatic heterocycles. The lowest BCUT2D eigenvalue weighted by Crippen LogP contribution is -2.50. The van der Waals surface area contributed by atoms with E-state index < -0.39 is 0 Å². The Hall–Kier alpha value is -2.04. The van der Waals surface area contributed by atoms with Crippen molar-refractivity contribution in [1.82, 2.24) is 10.2 Å². The Morgan fingerprint density at radius 3 is 2.70 bits per heavy atom. The lowest BCUT2D eigenvalue weighted by molar-refractivity contribution is -0.123. The number of carbonyl (C=O) groups excluding carboxylic acids is 1. The van der Waals surface area contributed by atoms with E-state index in [0.29, 0.717) is 6.54 Å². The van der Waals surface area contributed by atoms with Gasteiger partial charge in [-0.2, -0.15) is 0 Å². The van der Waals surface area contributed by atoms with Gasteiger partial charge in [0.1, 0.15) is 0 Å². The third kappa shape index (κ3) is 4.45. The number of nitrogens with one attached hydrogen (secondary N) is 1. The smallest absolute Gasteiger partial charge is 0.234 e. The molecule has 27 heavy (non-hydrogen) atoms. The third-order valence-electron chi connectivity index (χ3n) is 5.62. The van der Waals surface area contributed by atoms with Gasteiger partial charge in [-0.3, -0.25) is 9.69 Å². The van der Waals surface area contributed by atoms with Gasteiger partial charge in [-0.05, 0) is 48.6 Å². The zero-order valence-corrected chi connectivity index (χ0v) is 16.3. The van der Waals surface area contributed by atoms with Gasteiger partial charge in [-0.25, -0.2) is 0 Å². The van der Waals surface area contributed by atoms with Gasteiger partial charge in [0, 0.05) is 36.9 Å². The molecule has 1 saturated heterocycles. The highest BCUT2D eigenvalue weighted by Crippen LogP contribution is 2.29. The van der Waals surface area contributed by atoms with Crippen LogP contribution in [0.25, 0.3) is 0 Å². The first-order chi connectivity index (χ1) is 13.2. The minimum atomic E-state index is 0.132. The van der Waals surface area contributed by atoms with Crippen LogP contribution >= 0.6 is 11.6 Å². The number of piperazine rings is 1. The lowest BCUT2D eigenvalue weighted by Gasteiger charge is -2.36. The van der Waals surface area contributed by atoms with Crippen LogP contribution in [0.15, 0.2) is 48.5 Å². The van der Waals surface area contributed by atoms with Gasteiger partial charge in [0.25, 0.3) is 0 Å². The van der Waals surface area contributed by atoms with Crippen LogP contribution in [0.5, 0.6) is 0 Å². The molecule has 0 unspecified atom stereocenters. The van der Waals surface area contributed by atoms with Crippen molar-refractivity contribution in [2.75, 3.05) is 37.6 Å². The Balaban J connectivity index is 1.29. The number of aryl methyl sites for hydroxylation is 1. The van der Waals surface area contributed by atoms with Crippen molar-refractivity contribution < 1.29 is 4.79 Å². The predicted octanol–water partition coefficient (Wildman–Crippen LogP) is 3.66. The second kappa shape index (κ2) is 8.32. The van der Waals surface area contributed by atoms with Gasteiger partial charge in [0.05, 0.1) is 12.6 Å². The molecule has 2 aromatic rings. The van der Waals surface area contributed by atoms with Crippen LogP contribution < -0.4 is 10.2 Å². The molecule has 4 nitrogen and oxygen atoms in total. The number of rotatable bonds is 4. The van der Waals surface area contributed by atoms with Crippen molar-refractivity contribution in [1.29, 1.82) is 0 Å². The molecule has 1 heterocycles. The molecule has 0 spiro atoms. The van der Waals surface area contributed by atoms with Gasteiger partial charge >= 0.3 is 0 Å². The molecule has 1 atom stereocenters. The summed E-state index contributed by atoms with van der Waals surface area (Å²) in [6.45, 7) is 4.09. The summed E-state index contributed by atoms with van der Waals surface area (Å²) < 4.78 is 0. The molecule has 2 aromatic carbocycles. The molecule has 1 fully saturated rings. The third-order valence-corrected chi connectivity index (χ3v) is 5.85. The van der Waals surface area contributed by atoms with Gasteiger partial charge in [-0.1, -0.05) is 41.9 Å². The Bertz CT molecular complexity index is 802. The second-order valence-electron chi connectivity index (χ2n) is 7.45. The predicted molar refractivity (Wildman–Crippen MR) is 110 cm³/mol. The number of anilines is 1. The minimum Gasteiger partial charge on any atom is -0.369 e. The van der Waals surface area contributed by atoms with Crippen molar-refractivity contribution in [3.05, 3.63) is 64.7 Å². The average Bonchev–Trinajstić information content (AvgIpc) is 2.69. The fraction of sp³-hybridized carbons (Fsp3) is 0.409. The van der Waals surface area contributed by atoms with E-state index in [9.17, 15) is 4.79 Å². The number of hydrogen-bond acceptors (Lipinski definition) is 3. The molecule has 142 valence electrons. The fourth-order valence-electron chi connectivity index (χ4n) is 4.18. The maximum atomic E-state index is 12.6. The monoisotopic (exact) mass is 383 g/mol. The van der Waals surface area contributed by atoms with E-state index >= 15 is 0 Å². The highest BCUT2D eigenvalue weighted by atomic mass is 35.5. The first-order valence-corrected chi connectivity index (χ1v) is 10.2. The molecule has 1 N–H and O–H groups in total. The molecule has 0 saturated carbocycles. The zero-order chi connectivity index (χ0) is 18.6. The number of amides is 1. The number of carbonyl (C=O) groups is 1. The SMILES string of the molecule is O=C(CN1CCN(c2cccc(Cl)c2)CC1)N[C@@H]1CCCc2ccccc21. The summed E-state index contributed by atoms with van der Waals surface area (Å²) in [5.74, 6) is 0.132. The van der Waals surface area contributed by atoms with Crippen LogP contribution in [0, 0.1) is 0 Å². The Labute approximate surface area is 166 Å². The summed E-state index contributed by atoms with van der Waals surface area (Å²) in [4.78, 5) is 17.2. The summed E-state index contributed by atoms with van der Waals surface area (Å²) in [5, 5.41) is 4.03. The van der Waals surface area contributed by atoms with Crippen molar-refractivity contribution in [2.24, 2.45) is 0 Å². The second-order valence-corrected chi connectivity index (χ2v) is 7.89. The molecule has 0 bridgehead atoms. The first-order valence-electron chi connectivity index (χ1n) is 9.79. The van der Waals surface area contributed by atoms with Crippen molar-refractivity contribution in [3.8, 4) is 0 Å². The standard InChI is InChI=1S/C22H26ClN3O/c23-18-7-4-8-19(15-18)26-13-11-25(12-14-26)16-22(27)24-21-10-3-6-17-5-1-2-9-20(17)21/h1-2,4-5,7-9,15,21H,3,6,10-14,16H2,(H,24,27)/t21-/m1/s1. The largest absolute Gasteiger partial charge is 0.369 e. The normalized spacial score (nSPS) is 20.2. The van der Waals surface area contributed by atoms with Crippen molar-refractivity contribution in [3.63, 3.8) is 0 Å². The van der Waals surface area contributed by atoms with E-state index in [1.807, 2.05) is 18.2 Å². The van der Waals surface area contributed by atoms with E-state index in [4.69, 9.17) is 11.6 Å². The molecule has 0 radical (unpaired) electrons. The van der Waals surface area contributed by atoms with E-state index in [1.54, 1.807) is 0 Å². The van der Waals surface area contributed by atoms with Crippen molar-refractivity contribution in [2.45, 2.75) is 25.3 Å². The molecule has 2 aliphatic rings. The number of halogens is 1. The first kappa shape index (κ1) is 18.3.